The highest BCUT2D eigenvalue weighted by Gasteiger charge is 2.16. The first-order valence-corrected chi connectivity index (χ1v) is 7.94. The van der Waals surface area contributed by atoms with Gasteiger partial charge in [0.25, 0.3) is 5.91 Å². The number of amides is 1. The predicted molar refractivity (Wildman–Crippen MR) is 94.5 cm³/mol. The molecule has 25 heavy (non-hydrogen) atoms. The van der Waals surface area contributed by atoms with E-state index in [1.807, 2.05) is 28.9 Å². The van der Waals surface area contributed by atoms with Crippen molar-refractivity contribution in [2.75, 3.05) is 5.32 Å². The third kappa shape index (κ3) is 3.01. The number of para-hydroxylation sites is 1. The van der Waals surface area contributed by atoms with Crippen molar-refractivity contribution in [3.8, 4) is 0 Å². The Morgan fingerprint density at radius 3 is 2.68 bits per heavy atom. The molecule has 0 aliphatic heterocycles. The van der Waals surface area contributed by atoms with Gasteiger partial charge in [-0.1, -0.05) is 47.1 Å². The maximum absolute atomic E-state index is 12.2. The minimum absolute atomic E-state index is 0.150. The van der Waals surface area contributed by atoms with E-state index in [0.29, 0.717) is 12.4 Å². The van der Waals surface area contributed by atoms with Gasteiger partial charge < -0.3 is 9.84 Å². The van der Waals surface area contributed by atoms with Crippen LogP contribution in [0.3, 0.4) is 0 Å². The Morgan fingerprint density at radius 1 is 1.12 bits per heavy atom. The molecule has 0 spiro atoms. The van der Waals surface area contributed by atoms with Crippen LogP contribution < -0.4 is 5.32 Å². The molecule has 124 valence electrons. The third-order valence-corrected chi connectivity index (χ3v) is 4.00. The lowest BCUT2D eigenvalue weighted by Crippen LogP contribution is -2.12. The number of hydrogen-bond acceptors (Lipinski definition) is 4. The van der Waals surface area contributed by atoms with Crippen molar-refractivity contribution in [1.29, 1.82) is 0 Å². The normalized spacial score (nSPS) is 10.9. The molecular weight excluding hydrogens is 316 g/mol. The summed E-state index contributed by atoms with van der Waals surface area (Å²) < 4.78 is 6.78. The molecule has 0 aliphatic rings. The number of nitrogens with zero attached hydrogens (tertiary/aromatic N) is 3. The van der Waals surface area contributed by atoms with E-state index in [1.54, 1.807) is 0 Å². The Bertz CT molecular complexity index is 1020. The number of anilines is 1. The van der Waals surface area contributed by atoms with E-state index in [9.17, 15) is 4.79 Å². The summed E-state index contributed by atoms with van der Waals surface area (Å²) in [5.74, 6) is 0.282. The van der Waals surface area contributed by atoms with Gasteiger partial charge in [-0.3, -0.25) is 9.48 Å². The molecule has 0 fully saturated rings. The lowest BCUT2D eigenvalue weighted by atomic mass is 10.1. The Balaban J connectivity index is 1.68. The molecule has 0 bridgehead atoms. The molecule has 2 aromatic heterocycles. The van der Waals surface area contributed by atoms with E-state index in [1.165, 1.54) is 17.8 Å². The number of aromatic nitrogens is 3. The first kappa shape index (κ1) is 15.1. The van der Waals surface area contributed by atoms with Crippen molar-refractivity contribution in [3.05, 3.63) is 77.7 Å². The van der Waals surface area contributed by atoms with Gasteiger partial charge in [0.05, 0.1) is 18.3 Å². The van der Waals surface area contributed by atoms with E-state index in [0.717, 1.165) is 16.5 Å². The number of benzene rings is 2. The topological polar surface area (TPSA) is 73.0 Å². The Morgan fingerprint density at radius 2 is 1.92 bits per heavy atom. The zero-order valence-corrected chi connectivity index (χ0v) is 13.6. The zero-order valence-electron chi connectivity index (χ0n) is 13.6. The summed E-state index contributed by atoms with van der Waals surface area (Å²) in [6.07, 6.45) is 1.43. The molecule has 0 atom stereocenters. The predicted octanol–water partition coefficient (Wildman–Crippen LogP) is 3.63. The van der Waals surface area contributed by atoms with Crippen molar-refractivity contribution in [2.45, 2.75) is 13.5 Å². The first-order chi connectivity index (χ1) is 12.2. The molecule has 2 heterocycles. The molecular formula is C19H16N4O2. The monoisotopic (exact) mass is 332 g/mol. The van der Waals surface area contributed by atoms with Gasteiger partial charge in [-0.2, -0.15) is 5.10 Å². The van der Waals surface area contributed by atoms with Crippen LogP contribution in [0.1, 0.15) is 21.7 Å². The average molecular weight is 332 g/mol. The number of carbonyl (C=O) groups is 1. The lowest BCUT2D eigenvalue weighted by Gasteiger charge is -2.04. The molecule has 4 rings (SSSR count). The summed E-state index contributed by atoms with van der Waals surface area (Å²) in [7, 11) is 0. The van der Waals surface area contributed by atoms with Crippen LogP contribution in [0.25, 0.3) is 10.9 Å². The molecule has 0 unspecified atom stereocenters. The van der Waals surface area contributed by atoms with Crippen LogP contribution in [0.4, 0.5) is 5.82 Å². The second-order valence-electron chi connectivity index (χ2n) is 5.84. The fourth-order valence-electron chi connectivity index (χ4n) is 2.71. The maximum Gasteiger partial charge on any atom is 0.295 e. The van der Waals surface area contributed by atoms with Crippen LogP contribution in [0, 0.1) is 6.92 Å². The van der Waals surface area contributed by atoms with Gasteiger partial charge in [0.2, 0.25) is 5.76 Å². The van der Waals surface area contributed by atoms with Gasteiger partial charge in [-0.15, -0.1) is 0 Å². The van der Waals surface area contributed by atoms with E-state index >= 15 is 0 Å². The number of carbonyl (C=O) groups excluding carboxylic acids is 1. The fourth-order valence-corrected chi connectivity index (χ4v) is 2.71. The smallest absolute Gasteiger partial charge is 0.295 e. The van der Waals surface area contributed by atoms with Crippen LogP contribution in [-0.2, 0) is 6.54 Å². The molecule has 0 saturated heterocycles. The third-order valence-electron chi connectivity index (χ3n) is 4.00. The van der Waals surface area contributed by atoms with E-state index < -0.39 is 0 Å². The van der Waals surface area contributed by atoms with Gasteiger partial charge in [0.1, 0.15) is 0 Å². The summed E-state index contributed by atoms with van der Waals surface area (Å²) >= 11 is 0. The number of nitrogens with one attached hydrogen (secondary N) is 1. The molecule has 6 nitrogen and oxygen atoms in total. The van der Waals surface area contributed by atoms with Crippen LogP contribution in [0.15, 0.2) is 65.3 Å². The largest absolute Gasteiger partial charge is 0.351 e. The summed E-state index contributed by atoms with van der Waals surface area (Å²) in [5, 5.41) is 11.8. The summed E-state index contributed by atoms with van der Waals surface area (Å²) in [5.41, 5.74) is 3.32. The van der Waals surface area contributed by atoms with E-state index in [-0.39, 0.29) is 11.7 Å². The average Bonchev–Trinajstić information content (AvgIpc) is 3.27. The highest BCUT2D eigenvalue weighted by Crippen LogP contribution is 2.24. The van der Waals surface area contributed by atoms with Crippen LogP contribution in [0.5, 0.6) is 0 Å². The van der Waals surface area contributed by atoms with Crippen molar-refractivity contribution in [1.82, 2.24) is 14.9 Å². The molecule has 2 aromatic carbocycles. The van der Waals surface area contributed by atoms with E-state index in [4.69, 9.17) is 4.52 Å². The molecule has 0 aliphatic carbocycles. The Hall–Kier alpha value is -3.41. The minimum atomic E-state index is -0.372. The van der Waals surface area contributed by atoms with Gasteiger partial charge in [-0.25, -0.2) is 0 Å². The van der Waals surface area contributed by atoms with Gasteiger partial charge in [0.15, 0.2) is 5.82 Å². The standard InChI is InChI=1S/C19H16N4O2/c1-13-6-8-14(9-7-13)12-23-16-5-3-2-4-15(16)18(22-23)21-19(24)17-10-11-20-25-17/h2-11H,12H2,1H3,(H,21,22,24). The summed E-state index contributed by atoms with van der Waals surface area (Å²) in [6.45, 7) is 2.68. The van der Waals surface area contributed by atoms with Gasteiger partial charge in [0, 0.05) is 11.5 Å². The molecule has 1 N–H and O–H groups in total. The lowest BCUT2D eigenvalue weighted by molar-refractivity contribution is 0.0987. The van der Waals surface area contributed by atoms with Crippen molar-refractivity contribution >= 4 is 22.6 Å². The van der Waals surface area contributed by atoms with E-state index in [2.05, 4.69) is 46.8 Å². The maximum atomic E-state index is 12.2. The first-order valence-electron chi connectivity index (χ1n) is 7.94. The Kier molecular flexibility index (Phi) is 3.78. The van der Waals surface area contributed by atoms with Crippen LogP contribution in [0.2, 0.25) is 0 Å². The minimum Gasteiger partial charge on any atom is -0.351 e. The number of fused-ring (bicyclic) bond motifs is 1. The van der Waals surface area contributed by atoms with Crippen LogP contribution >= 0.6 is 0 Å². The van der Waals surface area contributed by atoms with Crippen molar-refractivity contribution < 1.29 is 9.32 Å². The van der Waals surface area contributed by atoms with Crippen molar-refractivity contribution in [3.63, 3.8) is 0 Å². The highest BCUT2D eigenvalue weighted by molar-refractivity contribution is 6.06. The van der Waals surface area contributed by atoms with Crippen molar-refractivity contribution in [2.24, 2.45) is 0 Å². The number of aryl methyl sites for hydroxylation is 1. The molecule has 1 amide bonds. The molecule has 4 aromatic rings. The summed E-state index contributed by atoms with van der Waals surface area (Å²) in [6, 6.07) is 17.6. The second kappa shape index (κ2) is 6.24. The summed E-state index contributed by atoms with van der Waals surface area (Å²) in [4.78, 5) is 12.2. The highest BCUT2D eigenvalue weighted by atomic mass is 16.5. The zero-order chi connectivity index (χ0) is 17.2. The van der Waals surface area contributed by atoms with Crippen LogP contribution in [-0.4, -0.2) is 20.8 Å². The Labute approximate surface area is 144 Å². The SMILES string of the molecule is Cc1ccc(Cn2nc(NC(=O)c3ccno3)c3ccccc32)cc1. The van der Waals surface area contributed by atoms with Gasteiger partial charge in [-0.05, 0) is 24.6 Å². The second-order valence-corrected chi connectivity index (χ2v) is 5.84. The molecule has 0 saturated carbocycles. The molecule has 6 heteroatoms. The molecule has 0 radical (unpaired) electrons. The quantitative estimate of drug-likeness (QED) is 0.619. The number of hydrogen-bond donors (Lipinski definition) is 1. The fraction of sp³-hybridized carbons (Fsp3) is 0.105. The van der Waals surface area contributed by atoms with Gasteiger partial charge >= 0.3 is 0 Å². The number of rotatable bonds is 4.